The van der Waals surface area contributed by atoms with Crippen molar-refractivity contribution < 1.29 is 24.2 Å². The molecule has 6 nitrogen and oxygen atoms in total. The molecule has 2 aromatic rings. The molecule has 0 spiro atoms. The molecule has 0 saturated carbocycles. The van der Waals surface area contributed by atoms with Gasteiger partial charge in [0.15, 0.2) is 0 Å². The Hall–Kier alpha value is -2.86. The van der Waals surface area contributed by atoms with Crippen molar-refractivity contribution in [1.29, 1.82) is 0 Å². The molecular weight excluding hydrogens is 358 g/mol. The van der Waals surface area contributed by atoms with Gasteiger partial charge in [-0.1, -0.05) is 24.3 Å². The third-order valence-corrected chi connectivity index (χ3v) is 4.98. The maximum atomic E-state index is 12.7. The van der Waals surface area contributed by atoms with Gasteiger partial charge in [0.2, 0.25) is 0 Å². The first kappa shape index (κ1) is 19.9. The molecule has 1 heterocycles. The Morgan fingerprint density at radius 1 is 1.18 bits per heavy atom. The number of para-hydroxylation sites is 1. The zero-order valence-corrected chi connectivity index (χ0v) is 15.9. The third kappa shape index (κ3) is 5.10. The van der Waals surface area contributed by atoms with E-state index in [0.717, 1.165) is 5.56 Å². The SMILES string of the molecule is Cc1cccc(Oc2ccccc2C(=O)NCC(C(=O)O)C2CCOCC2)c1. The van der Waals surface area contributed by atoms with Crippen LogP contribution in [0.5, 0.6) is 11.5 Å². The highest BCUT2D eigenvalue weighted by Gasteiger charge is 2.30. The highest BCUT2D eigenvalue weighted by atomic mass is 16.5. The number of nitrogens with one attached hydrogen (secondary N) is 1. The third-order valence-electron chi connectivity index (χ3n) is 4.98. The predicted molar refractivity (Wildman–Crippen MR) is 105 cm³/mol. The quantitative estimate of drug-likeness (QED) is 0.762. The molecule has 1 unspecified atom stereocenters. The van der Waals surface area contributed by atoms with Crippen molar-refractivity contribution >= 4 is 11.9 Å². The molecule has 28 heavy (non-hydrogen) atoms. The van der Waals surface area contributed by atoms with Gasteiger partial charge in [0.25, 0.3) is 5.91 Å². The van der Waals surface area contributed by atoms with E-state index in [1.54, 1.807) is 24.3 Å². The number of carbonyl (C=O) groups excluding carboxylic acids is 1. The first-order chi connectivity index (χ1) is 13.5. The maximum Gasteiger partial charge on any atom is 0.308 e. The molecule has 6 heteroatoms. The lowest BCUT2D eigenvalue weighted by molar-refractivity contribution is -0.144. The standard InChI is InChI=1S/C22H25NO5/c1-15-5-4-6-17(13-15)28-20-8-3-2-7-18(20)21(24)23-14-19(22(25)26)16-9-11-27-12-10-16/h2-8,13,16,19H,9-12,14H2,1H3,(H,23,24)(H,25,26). The minimum Gasteiger partial charge on any atom is -0.481 e. The van der Waals surface area contributed by atoms with Crippen molar-refractivity contribution in [3.05, 3.63) is 59.7 Å². The highest BCUT2D eigenvalue weighted by molar-refractivity contribution is 5.97. The first-order valence-corrected chi connectivity index (χ1v) is 9.47. The number of aliphatic carboxylic acids is 1. The van der Waals surface area contributed by atoms with E-state index in [1.807, 2.05) is 31.2 Å². The lowest BCUT2D eigenvalue weighted by Crippen LogP contribution is -2.39. The van der Waals surface area contributed by atoms with Crippen LogP contribution in [0.15, 0.2) is 48.5 Å². The molecule has 1 aliphatic rings. The van der Waals surface area contributed by atoms with Gasteiger partial charge in [0.1, 0.15) is 11.5 Å². The fourth-order valence-electron chi connectivity index (χ4n) is 3.42. The van der Waals surface area contributed by atoms with E-state index < -0.39 is 11.9 Å². The Bertz CT molecular complexity index is 829. The van der Waals surface area contributed by atoms with Gasteiger partial charge in [-0.3, -0.25) is 9.59 Å². The summed E-state index contributed by atoms with van der Waals surface area (Å²) in [6.07, 6.45) is 1.39. The monoisotopic (exact) mass is 383 g/mol. The number of aryl methyl sites for hydroxylation is 1. The van der Waals surface area contributed by atoms with Crippen LogP contribution in [-0.2, 0) is 9.53 Å². The number of hydrogen-bond donors (Lipinski definition) is 2. The topological polar surface area (TPSA) is 84.9 Å². The Labute approximate surface area is 164 Å². The summed E-state index contributed by atoms with van der Waals surface area (Å²) in [5.41, 5.74) is 1.43. The Kier molecular flexibility index (Phi) is 6.66. The zero-order chi connectivity index (χ0) is 19.9. The van der Waals surface area contributed by atoms with Crippen molar-refractivity contribution in [1.82, 2.24) is 5.32 Å². The summed E-state index contributed by atoms with van der Waals surface area (Å²) < 4.78 is 11.2. The van der Waals surface area contributed by atoms with Gasteiger partial charge in [-0.2, -0.15) is 0 Å². The summed E-state index contributed by atoms with van der Waals surface area (Å²) in [7, 11) is 0. The van der Waals surface area contributed by atoms with Gasteiger partial charge < -0.3 is 19.9 Å². The van der Waals surface area contributed by atoms with Crippen molar-refractivity contribution in [2.45, 2.75) is 19.8 Å². The van der Waals surface area contributed by atoms with Crippen LogP contribution in [0.25, 0.3) is 0 Å². The fraction of sp³-hybridized carbons (Fsp3) is 0.364. The average molecular weight is 383 g/mol. The molecule has 148 valence electrons. The lowest BCUT2D eigenvalue weighted by atomic mass is 9.86. The molecule has 2 N–H and O–H groups in total. The van der Waals surface area contributed by atoms with Crippen LogP contribution in [0.1, 0.15) is 28.8 Å². The largest absolute Gasteiger partial charge is 0.481 e. The van der Waals surface area contributed by atoms with Gasteiger partial charge >= 0.3 is 5.97 Å². The zero-order valence-electron chi connectivity index (χ0n) is 15.9. The molecule has 3 rings (SSSR count). The molecule has 0 aliphatic carbocycles. The van der Waals surface area contributed by atoms with Gasteiger partial charge in [-0.15, -0.1) is 0 Å². The number of amides is 1. The van der Waals surface area contributed by atoms with Gasteiger partial charge in [0, 0.05) is 19.8 Å². The first-order valence-electron chi connectivity index (χ1n) is 9.47. The Morgan fingerprint density at radius 2 is 1.93 bits per heavy atom. The van der Waals surface area contributed by atoms with Crippen molar-refractivity contribution in [2.24, 2.45) is 11.8 Å². The number of rotatable bonds is 7. The van der Waals surface area contributed by atoms with Crippen LogP contribution in [0.4, 0.5) is 0 Å². The molecule has 0 aromatic heterocycles. The van der Waals surface area contributed by atoms with E-state index in [0.29, 0.717) is 43.1 Å². The number of carboxylic acid groups (broad SMARTS) is 1. The molecule has 1 amide bonds. The molecule has 2 aromatic carbocycles. The van der Waals surface area contributed by atoms with E-state index in [-0.39, 0.29) is 18.4 Å². The highest BCUT2D eigenvalue weighted by Crippen LogP contribution is 2.27. The van der Waals surface area contributed by atoms with E-state index >= 15 is 0 Å². The van der Waals surface area contributed by atoms with E-state index in [2.05, 4.69) is 5.32 Å². The summed E-state index contributed by atoms with van der Waals surface area (Å²) in [4.78, 5) is 24.4. The van der Waals surface area contributed by atoms with Crippen molar-refractivity contribution in [2.75, 3.05) is 19.8 Å². The minimum absolute atomic E-state index is 0.00494. The number of carboxylic acids is 1. The molecule has 1 saturated heterocycles. The number of carbonyl (C=O) groups is 2. The second-order valence-electron chi connectivity index (χ2n) is 7.02. The summed E-state index contributed by atoms with van der Waals surface area (Å²) >= 11 is 0. The van der Waals surface area contributed by atoms with Crippen LogP contribution >= 0.6 is 0 Å². The van der Waals surface area contributed by atoms with Crippen LogP contribution in [0, 0.1) is 18.8 Å². The van der Waals surface area contributed by atoms with Crippen LogP contribution in [-0.4, -0.2) is 36.7 Å². The second-order valence-corrected chi connectivity index (χ2v) is 7.02. The summed E-state index contributed by atoms with van der Waals surface area (Å²) in [5, 5.41) is 12.3. The normalized spacial score (nSPS) is 15.6. The number of benzene rings is 2. The van der Waals surface area contributed by atoms with Crippen LogP contribution in [0.3, 0.4) is 0 Å². The molecule has 1 aliphatic heterocycles. The average Bonchev–Trinajstić information content (AvgIpc) is 2.69. The summed E-state index contributed by atoms with van der Waals surface area (Å²) in [6.45, 7) is 3.18. The molecular formula is C22H25NO5. The molecule has 0 bridgehead atoms. The predicted octanol–water partition coefficient (Wildman–Crippen LogP) is 3.64. The minimum atomic E-state index is -0.892. The van der Waals surface area contributed by atoms with E-state index in [9.17, 15) is 14.7 Å². The lowest BCUT2D eigenvalue weighted by Gasteiger charge is -2.27. The van der Waals surface area contributed by atoms with E-state index in [1.165, 1.54) is 0 Å². The molecule has 1 fully saturated rings. The van der Waals surface area contributed by atoms with Crippen LogP contribution < -0.4 is 10.1 Å². The van der Waals surface area contributed by atoms with Gasteiger partial charge in [0.05, 0.1) is 11.5 Å². The van der Waals surface area contributed by atoms with Crippen molar-refractivity contribution in [3.8, 4) is 11.5 Å². The van der Waals surface area contributed by atoms with Crippen molar-refractivity contribution in [3.63, 3.8) is 0 Å². The second kappa shape index (κ2) is 9.37. The van der Waals surface area contributed by atoms with Crippen LogP contribution in [0.2, 0.25) is 0 Å². The Morgan fingerprint density at radius 3 is 2.64 bits per heavy atom. The molecule has 0 radical (unpaired) electrons. The maximum absolute atomic E-state index is 12.7. The Balaban J connectivity index is 1.69. The smallest absolute Gasteiger partial charge is 0.308 e. The number of hydrogen-bond acceptors (Lipinski definition) is 4. The molecule has 1 atom stereocenters. The number of ether oxygens (including phenoxy) is 2. The summed E-state index contributed by atoms with van der Waals surface area (Å²) in [6, 6.07) is 14.5. The van der Waals surface area contributed by atoms with Gasteiger partial charge in [-0.25, -0.2) is 0 Å². The van der Waals surface area contributed by atoms with Gasteiger partial charge in [-0.05, 0) is 55.5 Å². The van der Waals surface area contributed by atoms with E-state index in [4.69, 9.17) is 9.47 Å². The fourth-order valence-corrected chi connectivity index (χ4v) is 3.42. The summed E-state index contributed by atoms with van der Waals surface area (Å²) in [5.74, 6) is -0.782.